The van der Waals surface area contributed by atoms with E-state index in [0.29, 0.717) is 24.6 Å². The Morgan fingerprint density at radius 2 is 1.83 bits per heavy atom. The lowest BCUT2D eigenvalue weighted by Crippen LogP contribution is -2.39. The number of hydrogen-bond acceptors (Lipinski definition) is 4. The minimum absolute atomic E-state index is 0.0254. The van der Waals surface area contributed by atoms with Crippen LogP contribution in [0, 0.1) is 12.8 Å². The van der Waals surface area contributed by atoms with Gasteiger partial charge in [-0.1, -0.05) is 63.6 Å². The minimum Gasteiger partial charge on any atom is -0.446 e. The first kappa shape index (κ1) is 27.5. The third-order valence-corrected chi connectivity index (χ3v) is 6.78. The van der Waals surface area contributed by atoms with Gasteiger partial charge in [0.15, 0.2) is 0 Å². The van der Waals surface area contributed by atoms with Crippen LogP contribution in [0.3, 0.4) is 0 Å². The molecule has 0 radical (unpaired) electrons. The van der Waals surface area contributed by atoms with E-state index >= 15 is 0 Å². The van der Waals surface area contributed by atoms with E-state index in [2.05, 4.69) is 72.4 Å². The highest BCUT2D eigenvalue weighted by Gasteiger charge is 2.31. The highest BCUT2D eigenvalue weighted by molar-refractivity contribution is 5.37. The molecule has 2 aromatic rings. The van der Waals surface area contributed by atoms with Crippen molar-refractivity contribution in [2.75, 3.05) is 0 Å². The molecule has 35 heavy (non-hydrogen) atoms. The fourth-order valence-corrected chi connectivity index (χ4v) is 4.97. The summed E-state index contributed by atoms with van der Waals surface area (Å²) >= 11 is 0. The van der Waals surface area contributed by atoms with E-state index in [9.17, 15) is 5.11 Å². The van der Waals surface area contributed by atoms with Crippen molar-refractivity contribution in [3.8, 4) is 5.88 Å². The van der Waals surface area contributed by atoms with Gasteiger partial charge in [-0.05, 0) is 69.9 Å². The summed E-state index contributed by atoms with van der Waals surface area (Å²) in [5, 5.41) is 15.4. The summed E-state index contributed by atoms with van der Waals surface area (Å²) in [5.74, 6) is 1.27. The third kappa shape index (κ3) is 7.94. The Bertz CT molecular complexity index is 945. The molecule has 194 valence electrons. The van der Waals surface area contributed by atoms with Crippen molar-refractivity contribution in [3.05, 3.63) is 58.8 Å². The van der Waals surface area contributed by atoms with Gasteiger partial charge in [0.1, 0.15) is 0 Å². The zero-order chi connectivity index (χ0) is 25.5. The maximum absolute atomic E-state index is 10.5. The van der Waals surface area contributed by atoms with Gasteiger partial charge in [0.05, 0.1) is 12.2 Å². The normalized spacial score (nSPS) is 20.5. The van der Waals surface area contributed by atoms with Gasteiger partial charge >= 0.3 is 0 Å². The Hall–Kier alpha value is -2.11. The van der Waals surface area contributed by atoms with Crippen LogP contribution < -0.4 is 4.74 Å². The average Bonchev–Trinajstić information content (AvgIpc) is 3.08. The lowest BCUT2D eigenvalue weighted by atomic mass is 9.98. The number of rotatable bonds is 12. The van der Waals surface area contributed by atoms with E-state index in [1.807, 2.05) is 4.68 Å². The molecule has 0 saturated carbocycles. The average molecular weight is 483 g/mol. The van der Waals surface area contributed by atoms with Crippen molar-refractivity contribution in [2.45, 2.75) is 117 Å². The fraction of sp³-hybridized carbons (Fsp3) is 0.633. The van der Waals surface area contributed by atoms with E-state index in [-0.39, 0.29) is 12.1 Å². The van der Waals surface area contributed by atoms with Crippen LogP contribution in [0.4, 0.5) is 0 Å². The minimum atomic E-state index is -0.495. The topological polar surface area (TPSA) is 56.5 Å². The quantitative estimate of drug-likeness (QED) is 0.333. The molecule has 0 aliphatic carbocycles. The van der Waals surface area contributed by atoms with Crippen LogP contribution in [0.2, 0.25) is 0 Å². The summed E-state index contributed by atoms with van der Waals surface area (Å²) in [6, 6.07) is 9.13. The van der Waals surface area contributed by atoms with Crippen LogP contribution >= 0.6 is 0 Å². The van der Waals surface area contributed by atoms with E-state index in [1.165, 1.54) is 16.7 Å². The van der Waals surface area contributed by atoms with Crippen LogP contribution in [0.5, 0.6) is 5.88 Å². The molecule has 0 spiro atoms. The van der Waals surface area contributed by atoms with E-state index < -0.39 is 12.4 Å². The Balaban J connectivity index is 1.74. The number of aromatic nitrogens is 2. The first-order chi connectivity index (χ1) is 16.7. The molecule has 0 amide bonds. The summed E-state index contributed by atoms with van der Waals surface area (Å²) in [5.41, 5.74) is 6.07. The summed E-state index contributed by atoms with van der Waals surface area (Å²) in [7, 11) is 0. The van der Waals surface area contributed by atoms with Crippen molar-refractivity contribution in [3.63, 3.8) is 0 Å². The van der Waals surface area contributed by atoms with Crippen molar-refractivity contribution >= 4 is 0 Å². The second-order valence-corrected chi connectivity index (χ2v) is 11.0. The van der Waals surface area contributed by atoms with Crippen molar-refractivity contribution in [2.24, 2.45) is 5.92 Å². The standard InChI is InChI=1S/C30H46N2O3/c1-8-9-22(6)10-15-27-18-26(33)19-29(34-27)35-30-28(23(7)32(31-30)21(4)5)17-25-13-11-24(12-14-25)16-20(2)3/h11-14,20-21,26-27,29,33H,6,8-10,15-19H2,1-5,7H3/t26-,27+,29-/m0/s1. The molecule has 1 aliphatic rings. The smallest absolute Gasteiger partial charge is 0.238 e. The van der Waals surface area contributed by atoms with Gasteiger partial charge in [0, 0.05) is 30.1 Å². The molecule has 3 atom stereocenters. The van der Waals surface area contributed by atoms with Crippen LogP contribution in [0.1, 0.15) is 102 Å². The van der Waals surface area contributed by atoms with E-state index in [4.69, 9.17) is 14.6 Å². The van der Waals surface area contributed by atoms with Gasteiger partial charge in [0.25, 0.3) is 0 Å². The summed E-state index contributed by atoms with van der Waals surface area (Å²) in [4.78, 5) is 0. The second-order valence-electron chi connectivity index (χ2n) is 11.0. The summed E-state index contributed by atoms with van der Waals surface area (Å²) in [6.45, 7) is 17.2. The van der Waals surface area contributed by atoms with Crippen LogP contribution in [0.15, 0.2) is 36.4 Å². The van der Waals surface area contributed by atoms with Gasteiger partial charge in [-0.15, -0.1) is 5.10 Å². The lowest BCUT2D eigenvalue weighted by Gasteiger charge is -2.33. The maximum Gasteiger partial charge on any atom is 0.238 e. The molecular formula is C30H46N2O3. The number of nitrogens with zero attached hydrogens (tertiary/aromatic N) is 2. The molecule has 2 heterocycles. The third-order valence-electron chi connectivity index (χ3n) is 6.78. The molecule has 1 aliphatic heterocycles. The number of aliphatic hydroxyl groups excluding tert-OH is 1. The molecule has 1 fully saturated rings. The molecule has 0 unspecified atom stereocenters. The van der Waals surface area contributed by atoms with Crippen molar-refractivity contribution in [1.29, 1.82) is 0 Å². The molecular weight excluding hydrogens is 436 g/mol. The SMILES string of the molecule is C=C(CCC)CC[C@@H]1C[C@H](O)C[C@H](Oc2nn(C(C)C)c(C)c2Cc2ccc(CC(C)C)cc2)O1. The highest BCUT2D eigenvalue weighted by Crippen LogP contribution is 2.31. The molecule has 1 saturated heterocycles. The molecule has 1 aromatic heterocycles. The first-order valence-corrected chi connectivity index (χ1v) is 13.5. The molecule has 3 rings (SSSR count). The largest absolute Gasteiger partial charge is 0.446 e. The number of allylic oxidation sites excluding steroid dienone is 1. The predicted molar refractivity (Wildman–Crippen MR) is 143 cm³/mol. The monoisotopic (exact) mass is 482 g/mol. The maximum atomic E-state index is 10.5. The predicted octanol–water partition coefficient (Wildman–Crippen LogP) is 6.94. The number of aliphatic hydroxyl groups is 1. The van der Waals surface area contributed by atoms with Crippen LogP contribution in [-0.2, 0) is 17.6 Å². The Labute approximate surface area is 212 Å². The van der Waals surface area contributed by atoms with Crippen LogP contribution in [-0.4, -0.2) is 33.4 Å². The van der Waals surface area contributed by atoms with Gasteiger partial charge in [-0.2, -0.15) is 0 Å². The number of benzene rings is 1. The van der Waals surface area contributed by atoms with E-state index in [0.717, 1.165) is 49.8 Å². The van der Waals surface area contributed by atoms with Crippen molar-refractivity contribution in [1.82, 2.24) is 9.78 Å². The highest BCUT2D eigenvalue weighted by atomic mass is 16.7. The Morgan fingerprint density at radius 1 is 1.14 bits per heavy atom. The summed E-state index contributed by atoms with van der Waals surface area (Å²) in [6.07, 6.45) is 5.96. The first-order valence-electron chi connectivity index (χ1n) is 13.5. The second kappa shape index (κ2) is 12.7. The number of hydrogen-bond donors (Lipinski definition) is 1. The van der Waals surface area contributed by atoms with Crippen LogP contribution in [0.25, 0.3) is 0 Å². The zero-order valence-electron chi connectivity index (χ0n) is 22.7. The molecule has 1 N–H and O–H groups in total. The molecule has 5 nitrogen and oxygen atoms in total. The van der Waals surface area contributed by atoms with Gasteiger partial charge in [-0.3, -0.25) is 4.68 Å². The van der Waals surface area contributed by atoms with Gasteiger partial charge < -0.3 is 14.6 Å². The fourth-order valence-electron chi connectivity index (χ4n) is 4.97. The lowest BCUT2D eigenvalue weighted by molar-refractivity contribution is -0.178. The summed E-state index contributed by atoms with van der Waals surface area (Å²) < 4.78 is 14.7. The van der Waals surface area contributed by atoms with Gasteiger partial charge in [0.2, 0.25) is 12.2 Å². The van der Waals surface area contributed by atoms with Gasteiger partial charge in [-0.25, -0.2) is 0 Å². The van der Waals surface area contributed by atoms with E-state index in [1.54, 1.807) is 0 Å². The molecule has 1 aromatic carbocycles. The van der Waals surface area contributed by atoms with Crippen molar-refractivity contribution < 1.29 is 14.6 Å². The molecule has 0 bridgehead atoms. The zero-order valence-corrected chi connectivity index (χ0v) is 22.7. The number of ether oxygens (including phenoxy) is 2. The Morgan fingerprint density at radius 3 is 2.46 bits per heavy atom. The Kier molecular flexibility index (Phi) is 9.99. The molecule has 5 heteroatoms.